The lowest BCUT2D eigenvalue weighted by Crippen LogP contribution is -2.42. The maximum absolute atomic E-state index is 12.7. The third-order valence-electron chi connectivity index (χ3n) is 7.85. The topological polar surface area (TPSA) is 117 Å². The van der Waals surface area contributed by atoms with Crippen LogP contribution < -0.4 is 16.4 Å². The maximum Gasteiger partial charge on any atom is 0.328 e. The predicted molar refractivity (Wildman–Crippen MR) is 181 cm³/mol. The lowest BCUT2D eigenvalue weighted by atomic mass is 10.0. The highest BCUT2D eigenvalue weighted by Crippen LogP contribution is 2.14. The van der Waals surface area contributed by atoms with E-state index < -0.39 is 6.04 Å². The molecule has 0 saturated carbocycles. The highest BCUT2D eigenvalue weighted by atomic mass is 35.5. The number of hydrogen-bond acceptors (Lipinski definition) is 4. The Morgan fingerprint density at radius 3 is 1.48 bits per heavy atom. The summed E-state index contributed by atoms with van der Waals surface area (Å²) in [5.41, 5.74) is 5.35. The van der Waals surface area contributed by atoms with Crippen molar-refractivity contribution < 1.29 is 14.3 Å². The Bertz CT molecular complexity index is 622. The van der Waals surface area contributed by atoms with Gasteiger partial charge in [0.25, 0.3) is 0 Å². The zero-order valence-electron chi connectivity index (χ0n) is 27.6. The largest absolute Gasteiger partial charge is 0.464 e. The Balaban J connectivity index is 0. The highest BCUT2D eigenvalue weighted by molar-refractivity contribution is 5.85. The number of nitrogens with two attached hydrogens (primary N) is 1. The summed E-state index contributed by atoms with van der Waals surface area (Å²) < 4.78 is 5.54. The van der Waals surface area contributed by atoms with Gasteiger partial charge in [0.1, 0.15) is 6.04 Å². The number of rotatable bonds is 31. The summed E-state index contributed by atoms with van der Waals surface area (Å²) in [7, 11) is 0. The van der Waals surface area contributed by atoms with Crippen LogP contribution in [0.15, 0.2) is 0 Å². The van der Waals surface area contributed by atoms with Crippen molar-refractivity contribution in [3.8, 4) is 0 Å². The average molecular weight is 617 g/mol. The van der Waals surface area contributed by atoms with Crippen molar-refractivity contribution in [2.24, 2.45) is 5.73 Å². The quantitative estimate of drug-likeness (QED) is 0.0268. The number of carbonyl (C=O) groups excluding carboxylic acids is 2. The van der Waals surface area contributed by atoms with Crippen LogP contribution in [0.25, 0.3) is 0 Å². The number of guanidine groups is 1. The van der Waals surface area contributed by atoms with Crippen LogP contribution in [-0.2, 0) is 14.3 Å². The van der Waals surface area contributed by atoms with Crippen LogP contribution in [0.5, 0.6) is 0 Å². The van der Waals surface area contributed by atoms with Gasteiger partial charge in [-0.25, -0.2) is 4.79 Å². The number of unbranched alkanes of at least 4 members (excludes halogenated alkanes) is 21. The molecule has 0 aliphatic rings. The summed E-state index contributed by atoms with van der Waals surface area (Å²) in [6, 6.07) is -0.638. The van der Waals surface area contributed by atoms with Gasteiger partial charge >= 0.3 is 5.97 Å². The van der Waals surface area contributed by atoms with Gasteiger partial charge in [-0.05, 0) is 25.7 Å². The summed E-state index contributed by atoms with van der Waals surface area (Å²) in [5.74, 6) is -0.507. The van der Waals surface area contributed by atoms with E-state index in [1.807, 2.05) is 0 Å². The standard InChI is InChI=1S/C34H68N4O3.ClH/c1-3-5-7-9-11-13-15-16-17-18-20-22-24-28-32(39)38-31(27-26-29-37-34(35)36)33(40)41-30-25-23-21-19-14-12-10-8-6-4-2;/h31H,3-30H2,1-2H3,(H,38,39)(H4,35,36,37);1H/t31-;/m0./s1. The van der Waals surface area contributed by atoms with Crippen LogP contribution in [0.1, 0.15) is 181 Å². The monoisotopic (exact) mass is 617 g/mol. The van der Waals surface area contributed by atoms with Crippen LogP contribution in [0, 0.1) is 5.41 Å². The van der Waals surface area contributed by atoms with Crippen molar-refractivity contribution in [2.75, 3.05) is 13.2 Å². The van der Waals surface area contributed by atoms with Crippen LogP contribution in [0.3, 0.4) is 0 Å². The summed E-state index contributed by atoms with van der Waals surface area (Å²) in [6.07, 6.45) is 30.4. The highest BCUT2D eigenvalue weighted by Gasteiger charge is 2.21. The Morgan fingerprint density at radius 2 is 1.05 bits per heavy atom. The number of esters is 1. The zero-order valence-corrected chi connectivity index (χ0v) is 28.4. The molecule has 0 aliphatic heterocycles. The Kier molecular flexibility index (Phi) is 34.5. The first-order valence-electron chi connectivity index (χ1n) is 17.5. The minimum Gasteiger partial charge on any atom is -0.464 e. The molecule has 0 fully saturated rings. The molecule has 0 bridgehead atoms. The Hall–Kier alpha value is -1.50. The number of amides is 1. The van der Waals surface area contributed by atoms with Crippen molar-refractivity contribution >= 4 is 30.2 Å². The molecule has 0 radical (unpaired) electrons. The first kappa shape index (κ1) is 42.6. The third-order valence-corrected chi connectivity index (χ3v) is 7.85. The number of ether oxygens (including phenoxy) is 1. The summed E-state index contributed by atoms with van der Waals surface area (Å²) in [6.45, 7) is 5.41. The van der Waals surface area contributed by atoms with Crippen LogP contribution in [0.4, 0.5) is 0 Å². The van der Waals surface area contributed by atoms with Crippen molar-refractivity contribution in [1.82, 2.24) is 10.6 Å². The van der Waals surface area contributed by atoms with E-state index in [0.29, 0.717) is 32.4 Å². The van der Waals surface area contributed by atoms with Gasteiger partial charge in [-0.15, -0.1) is 12.4 Å². The van der Waals surface area contributed by atoms with Crippen LogP contribution in [0.2, 0.25) is 0 Å². The lowest BCUT2D eigenvalue weighted by Gasteiger charge is -2.18. The van der Waals surface area contributed by atoms with E-state index in [4.69, 9.17) is 15.9 Å². The fraction of sp³-hybridized carbons (Fsp3) is 0.912. The summed E-state index contributed by atoms with van der Waals surface area (Å²) in [5, 5.41) is 13.0. The average Bonchev–Trinajstić information content (AvgIpc) is 2.95. The number of carbonyl (C=O) groups is 2. The van der Waals surface area contributed by atoms with Gasteiger partial charge in [-0.2, -0.15) is 0 Å². The van der Waals surface area contributed by atoms with Gasteiger partial charge in [0, 0.05) is 13.0 Å². The van der Waals surface area contributed by atoms with E-state index >= 15 is 0 Å². The third kappa shape index (κ3) is 31.4. The molecule has 0 heterocycles. The molecule has 0 aromatic carbocycles. The van der Waals surface area contributed by atoms with Gasteiger partial charge in [-0.3, -0.25) is 10.2 Å². The number of hydrogen-bond donors (Lipinski definition) is 4. The molecule has 1 amide bonds. The van der Waals surface area contributed by atoms with Gasteiger partial charge in [0.2, 0.25) is 5.91 Å². The Morgan fingerprint density at radius 1 is 0.643 bits per heavy atom. The molecule has 0 rings (SSSR count). The first-order chi connectivity index (χ1) is 20.0. The molecular weight excluding hydrogens is 548 g/mol. The first-order valence-corrected chi connectivity index (χ1v) is 17.5. The van der Waals surface area contributed by atoms with Crippen LogP contribution >= 0.6 is 12.4 Å². The molecular formula is C34H69ClN4O3. The molecule has 250 valence electrons. The van der Waals surface area contributed by atoms with Crippen molar-refractivity contribution in [3.05, 3.63) is 0 Å². The fourth-order valence-electron chi connectivity index (χ4n) is 5.21. The molecule has 0 spiro atoms. The number of halogens is 1. The zero-order chi connectivity index (χ0) is 30.2. The van der Waals surface area contributed by atoms with Crippen molar-refractivity contribution in [3.63, 3.8) is 0 Å². The Labute approximate surface area is 265 Å². The fourth-order valence-corrected chi connectivity index (χ4v) is 5.21. The molecule has 8 heteroatoms. The molecule has 1 atom stereocenters. The van der Waals surface area contributed by atoms with Crippen molar-refractivity contribution in [1.29, 1.82) is 5.41 Å². The van der Waals surface area contributed by atoms with Gasteiger partial charge in [0.15, 0.2) is 5.96 Å². The van der Waals surface area contributed by atoms with Crippen LogP contribution in [-0.4, -0.2) is 37.0 Å². The molecule has 0 aromatic rings. The minimum atomic E-state index is -0.638. The van der Waals surface area contributed by atoms with Crippen molar-refractivity contribution in [2.45, 2.75) is 187 Å². The van der Waals surface area contributed by atoms with E-state index in [0.717, 1.165) is 25.7 Å². The molecule has 0 unspecified atom stereocenters. The van der Waals surface area contributed by atoms with E-state index in [-0.39, 0.29) is 30.2 Å². The normalized spacial score (nSPS) is 11.5. The van der Waals surface area contributed by atoms with Gasteiger partial charge in [0.05, 0.1) is 6.61 Å². The summed E-state index contributed by atoms with van der Waals surface area (Å²) in [4.78, 5) is 25.3. The second kappa shape index (κ2) is 34.0. The van der Waals surface area contributed by atoms with E-state index in [2.05, 4.69) is 24.5 Å². The SMILES string of the molecule is CCCCCCCCCCCCCCCC(=O)N[C@@H](CCCNC(=N)N)C(=O)OCCCCCCCCCCCC.Cl. The van der Waals surface area contributed by atoms with Gasteiger partial charge < -0.3 is 21.1 Å². The predicted octanol–water partition coefficient (Wildman–Crippen LogP) is 9.10. The van der Waals surface area contributed by atoms with E-state index in [9.17, 15) is 9.59 Å². The molecule has 0 aliphatic carbocycles. The number of nitrogens with one attached hydrogen (secondary N) is 3. The van der Waals surface area contributed by atoms with Gasteiger partial charge in [-0.1, -0.05) is 149 Å². The maximum atomic E-state index is 12.7. The second-order valence-corrected chi connectivity index (χ2v) is 11.9. The smallest absolute Gasteiger partial charge is 0.328 e. The minimum absolute atomic E-state index is 0. The van der Waals surface area contributed by atoms with E-state index in [1.54, 1.807) is 0 Å². The molecule has 0 saturated heterocycles. The lowest BCUT2D eigenvalue weighted by molar-refractivity contribution is -0.148. The van der Waals surface area contributed by atoms with E-state index in [1.165, 1.54) is 122 Å². The summed E-state index contributed by atoms with van der Waals surface area (Å²) >= 11 is 0. The molecule has 7 nitrogen and oxygen atoms in total. The molecule has 0 aromatic heterocycles. The second-order valence-electron chi connectivity index (χ2n) is 11.9. The molecule has 42 heavy (non-hydrogen) atoms. The molecule has 5 N–H and O–H groups in total.